The summed E-state index contributed by atoms with van der Waals surface area (Å²) in [5.41, 5.74) is 3.37. The van der Waals surface area contributed by atoms with Crippen LogP contribution in [-0.2, 0) is 13.5 Å². The van der Waals surface area contributed by atoms with Crippen molar-refractivity contribution in [3.63, 3.8) is 0 Å². The van der Waals surface area contributed by atoms with E-state index in [-0.39, 0.29) is 11.9 Å². The fourth-order valence-corrected chi connectivity index (χ4v) is 2.65. The molecule has 0 bridgehead atoms. The van der Waals surface area contributed by atoms with E-state index in [1.54, 1.807) is 11.8 Å². The molecule has 0 radical (unpaired) electrons. The first-order valence-corrected chi connectivity index (χ1v) is 7.37. The van der Waals surface area contributed by atoms with E-state index in [2.05, 4.69) is 10.4 Å². The zero-order valence-electron chi connectivity index (χ0n) is 13.8. The number of amides is 1. The number of nitrogens with zero attached hydrogens (tertiary/aromatic N) is 2. The first-order valence-electron chi connectivity index (χ1n) is 7.37. The first-order chi connectivity index (χ1) is 10.4. The average molecular weight is 301 g/mol. The normalized spacial score (nSPS) is 12.0. The highest BCUT2D eigenvalue weighted by Crippen LogP contribution is 2.19. The van der Waals surface area contributed by atoms with Gasteiger partial charge in [0.15, 0.2) is 0 Å². The molecule has 1 N–H and O–H groups in total. The summed E-state index contributed by atoms with van der Waals surface area (Å²) in [6, 6.07) is 7.86. The summed E-state index contributed by atoms with van der Waals surface area (Å²) in [5, 5.41) is 7.33. The molecule has 0 aliphatic rings. The molecule has 22 heavy (non-hydrogen) atoms. The van der Waals surface area contributed by atoms with E-state index >= 15 is 0 Å². The van der Waals surface area contributed by atoms with E-state index in [1.165, 1.54) is 0 Å². The molecular weight excluding hydrogens is 278 g/mol. The summed E-state index contributed by atoms with van der Waals surface area (Å²) >= 11 is 0. The van der Waals surface area contributed by atoms with Crippen molar-refractivity contribution in [1.82, 2.24) is 15.1 Å². The van der Waals surface area contributed by atoms with Crippen molar-refractivity contribution in [2.75, 3.05) is 7.11 Å². The molecule has 1 aromatic heterocycles. The van der Waals surface area contributed by atoms with Gasteiger partial charge in [-0.3, -0.25) is 9.48 Å². The predicted molar refractivity (Wildman–Crippen MR) is 86.3 cm³/mol. The van der Waals surface area contributed by atoms with E-state index in [0.717, 1.165) is 22.7 Å². The van der Waals surface area contributed by atoms with Gasteiger partial charge in [-0.05, 0) is 38.8 Å². The van der Waals surface area contributed by atoms with Crippen LogP contribution in [-0.4, -0.2) is 28.8 Å². The standard InChI is InChI=1S/C17H23N3O2/c1-11(10-14-8-6-7-9-15(14)22-5)18-17(21)16-12(2)19-20(4)13(16)3/h6-9,11H,10H2,1-5H3,(H,18,21)/t11-/m0/s1. The maximum absolute atomic E-state index is 12.5. The average Bonchev–Trinajstić information content (AvgIpc) is 2.72. The van der Waals surface area contributed by atoms with Crippen LogP contribution in [0.5, 0.6) is 5.75 Å². The maximum Gasteiger partial charge on any atom is 0.255 e. The van der Waals surface area contributed by atoms with Crippen LogP contribution in [0.25, 0.3) is 0 Å². The molecule has 5 nitrogen and oxygen atoms in total. The summed E-state index contributed by atoms with van der Waals surface area (Å²) in [7, 11) is 3.50. The predicted octanol–water partition coefficient (Wildman–Crippen LogP) is 2.41. The Morgan fingerprint density at radius 2 is 2.05 bits per heavy atom. The number of rotatable bonds is 5. The number of ether oxygens (including phenoxy) is 1. The molecule has 0 saturated heterocycles. The molecule has 1 heterocycles. The largest absolute Gasteiger partial charge is 0.496 e. The topological polar surface area (TPSA) is 56.1 Å². The quantitative estimate of drug-likeness (QED) is 0.922. The van der Waals surface area contributed by atoms with E-state index in [9.17, 15) is 4.79 Å². The highest BCUT2D eigenvalue weighted by atomic mass is 16.5. The highest BCUT2D eigenvalue weighted by Gasteiger charge is 2.19. The second kappa shape index (κ2) is 6.64. The summed E-state index contributed by atoms with van der Waals surface area (Å²) < 4.78 is 7.08. The van der Waals surface area contributed by atoms with Gasteiger partial charge in [0.25, 0.3) is 5.91 Å². The maximum atomic E-state index is 12.5. The van der Waals surface area contributed by atoms with Crippen molar-refractivity contribution in [2.45, 2.75) is 33.2 Å². The van der Waals surface area contributed by atoms with Gasteiger partial charge < -0.3 is 10.1 Å². The Morgan fingerprint density at radius 3 is 2.64 bits per heavy atom. The van der Waals surface area contributed by atoms with E-state index < -0.39 is 0 Å². The molecule has 0 saturated carbocycles. The second-order valence-electron chi connectivity index (χ2n) is 5.56. The second-order valence-corrected chi connectivity index (χ2v) is 5.56. The van der Waals surface area contributed by atoms with Crippen molar-refractivity contribution >= 4 is 5.91 Å². The van der Waals surface area contributed by atoms with Crippen molar-refractivity contribution in [2.24, 2.45) is 7.05 Å². The highest BCUT2D eigenvalue weighted by molar-refractivity contribution is 5.96. The summed E-state index contributed by atoms with van der Waals surface area (Å²) in [5.74, 6) is 0.767. The molecule has 1 atom stereocenters. The van der Waals surface area contributed by atoms with Crippen LogP contribution in [0.4, 0.5) is 0 Å². The number of para-hydroxylation sites is 1. The van der Waals surface area contributed by atoms with Gasteiger partial charge in [-0.2, -0.15) is 5.10 Å². The summed E-state index contributed by atoms with van der Waals surface area (Å²) in [4.78, 5) is 12.5. The third-order valence-corrected chi connectivity index (χ3v) is 3.83. The number of nitrogens with one attached hydrogen (secondary N) is 1. The molecule has 1 aromatic carbocycles. The summed E-state index contributed by atoms with van der Waals surface area (Å²) in [6.07, 6.45) is 0.716. The van der Waals surface area contributed by atoms with Crippen LogP contribution in [0.15, 0.2) is 24.3 Å². The molecule has 0 fully saturated rings. The SMILES string of the molecule is COc1ccccc1C[C@H](C)NC(=O)c1c(C)nn(C)c1C. The van der Waals surface area contributed by atoms with Crippen molar-refractivity contribution in [3.8, 4) is 5.75 Å². The van der Waals surface area contributed by atoms with Gasteiger partial charge >= 0.3 is 0 Å². The van der Waals surface area contributed by atoms with Crippen LogP contribution in [0.3, 0.4) is 0 Å². The Bertz CT molecular complexity index is 677. The van der Waals surface area contributed by atoms with E-state index in [1.807, 2.05) is 52.1 Å². The van der Waals surface area contributed by atoms with Crippen molar-refractivity contribution < 1.29 is 9.53 Å². The smallest absolute Gasteiger partial charge is 0.255 e. The Morgan fingerprint density at radius 1 is 1.36 bits per heavy atom. The van der Waals surface area contributed by atoms with Crippen molar-refractivity contribution in [1.29, 1.82) is 0 Å². The molecule has 1 amide bonds. The van der Waals surface area contributed by atoms with Gasteiger partial charge in [-0.1, -0.05) is 18.2 Å². The molecule has 0 spiro atoms. The number of aromatic nitrogens is 2. The fourth-order valence-electron chi connectivity index (χ4n) is 2.65. The van der Waals surface area contributed by atoms with Crippen LogP contribution in [0, 0.1) is 13.8 Å². The molecule has 2 rings (SSSR count). The third kappa shape index (κ3) is 3.30. The van der Waals surface area contributed by atoms with Crippen LogP contribution < -0.4 is 10.1 Å². The van der Waals surface area contributed by atoms with Gasteiger partial charge in [0.2, 0.25) is 0 Å². The number of methoxy groups -OCH3 is 1. The number of carbonyl (C=O) groups excluding carboxylic acids is 1. The number of aryl methyl sites for hydroxylation is 2. The lowest BCUT2D eigenvalue weighted by Crippen LogP contribution is -2.34. The Balaban J connectivity index is 2.08. The van der Waals surface area contributed by atoms with Crippen LogP contribution in [0.1, 0.15) is 34.2 Å². The van der Waals surface area contributed by atoms with E-state index in [0.29, 0.717) is 12.0 Å². The minimum Gasteiger partial charge on any atom is -0.496 e. The van der Waals surface area contributed by atoms with Crippen molar-refractivity contribution in [3.05, 3.63) is 46.8 Å². The van der Waals surface area contributed by atoms with Crippen LogP contribution >= 0.6 is 0 Å². The molecule has 5 heteroatoms. The Labute approximate surface area is 131 Å². The first kappa shape index (κ1) is 16.1. The number of hydrogen-bond donors (Lipinski definition) is 1. The van der Waals surface area contributed by atoms with Crippen LogP contribution in [0.2, 0.25) is 0 Å². The molecule has 0 aliphatic heterocycles. The zero-order valence-corrected chi connectivity index (χ0v) is 13.8. The van der Waals surface area contributed by atoms with Gasteiger partial charge in [-0.15, -0.1) is 0 Å². The van der Waals surface area contributed by atoms with E-state index in [4.69, 9.17) is 4.74 Å². The fraction of sp³-hybridized carbons (Fsp3) is 0.412. The van der Waals surface area contributed by atoms with Gasteiger partial charge in [0, 0.05) is 18.8 Å². The summed E-state index contributed by atoms with van der Waals surface area (Å²) in [6.45, 7) is 5.75. The van der Waals surface area contributed by atoms with Gasteiger partial charge in [0.1, 0.15) is 5.75 Å². The molecular formula is C17H23N3O2. The van der Waals surface area contributed by atoms with Gasteiger partial charge in [-0.25, -0.2) is 0 Å². The molecule has 118 valence electrons. The lowest BCUT2D eigenvalue weighted by molar-refractivity contribution is 0.0938. The lowest BCUT2D eigenvalue weighted by Gasteiger charge is -2.16. The van der Waals surface area contributed by atoms with Gasteiger partial charge in [0.05, 0.1) is 18.4 Å². The number of benzene rings is 1. The lowest BCUT2D eigenvalue weighted by atomic mass is 10.1. The molecule has 0 unspecified atom stereocenters. The minimum atomic E-state index is -0.0782. The Kier molecular flexibility index (Phi) is 4.85. The third-order valence-electron chi connectivity index (χ3n) is 3.83. The number of hydrogen-bond acceptors (Lipinski definition) is 3. The molecule has 2 aromatic rings. The number of carbonyl (C=O) groups is 1. The zero-order chi connectivity index (χ0) is 16.3. The molecule has 0 aliphatic carbocycles. The minimum absolute atomic E-state index is 0.00260. The monoisotopic (exact) mass is 301 g/mol. The Hall–Kier alpha value is -2.30.